The van der Waals surface area contributed by atoms with Crippen LogP contribution in [-0.2, 0) is 21.2 Å². The van der Waals surface area contributed by atoms with Gasteiger partial charge in [-0.1, -0.05) is 24.8 Å². The Labute approximate surface area is 188 Å². The highest BCUT2D eigenvalue weighted by atomic mass is 32.2. The number of carbonyl (C=O) groups is 1. The lowest BCUT2D eigenvalue weighted by Gasteiger charge is -2.26. The molecule has 0 saturated carbocycles. The normalized spacial score (nSPS) is 15.3. The van der Waals surface area contributed by atoms with E-state index in [4.69, 9.17) is 9.15 Å². The first-order valence-electron chi connectivity index (χ1n) is 9.74. The average Bonchev–Trinajstić information content (AvgIpc) is 3.48. The highest BCUT2D eigenvalue weighted by molar-refractivity contribution is 7.99. The molecule has 0 N–H and O–H groups in total. The molecule has 1 aliphatic rings. The van der Waals surface area contributed by atoms with Crippen molar-refractivity contribution in [2.24, 2.45) is 0 Å². The first kappa shape index (κ1) is 22.2. The molecule has 0 spiro atoms. The second-order valence-electron chi connectivity index (χ2n) is 6.75. The molecule has 3 heterocycles. The Balaban J connectivity index is 1.45. The summed E-state index contributed by atoms with van der Waals surface area (Å²) in [5.41, 5.74) is 0.505. The summed E-state index contributed by atoms with van der Waals surface area (Å²) in [6.45, 7) is 3.47. The monoisotopic (exact) mass is 479 g/mol. The summed E-state index contributed by atoms with van der Waals surface area (Å²) in [7, 11) is -3.62. The predicted molar refractivity (Wildman–Crippen MR) is 118 cm³/mol. The Kier molecular flexibility index (Phi) is 6.87. The molecule has 0 amide bonds. The Hall–Kier alpha value is -2.05. The van der Waals surface area contributed by atoms with Crippen molar-refractivity contribution < 1.29 is 22.4 Å². The zero-order valence-corrected chi connectivity index (χ0v) is 19.3. The molecule has 0 radical (unpaired) electrons. The first-order chi connectivity index (χ1) is 15.0. The fourth-order valence-electron chi connectivity index (χ4n) is 3.03. The third-order valence-electron chi connectivity index (χ3n) is 4.71. The maximum atomic E-state index is 12.9. The third-order valence-corrected chi connectivity index (χ3v) is 8.69. The second-order valence-corrected chi connectivity index (χ2v) is 10.8. The van der Waals surface area contributed by atoms with Crippen molar-refractivity contribution in [1.82, 2.24) is 14.5 Å². The van der Waals surface area contributed by atoms with Gasteiger partial charge in [-0.25, -0.2) is 8.42 Å². The number of benzene rings is 1. The van der Waals surface area contributed by atoms with E-state index in [0.29, 0.717) is 36.7 Å². The molecule has 164 valence electrons. The number of sulfonamides is 1. The molecule has 1 aliphatic heterocycles. The van der Waals surface area contributed by atoms with E-state index in [1.807, 2.05) is 12.1 Å². The van der Waals surface area contributed by atoms with Crippen LogP contribution < -0.4 is 0 Å². The van der Waals surface area contributed by atoms with E-state index in [9.17, 15) is 13.2 Å². The number of rotatable bonds is 8. The topological polar surface area (TPSA) is 103 Å². The van der Waals surface area contributed by atoms with Crippen LogP contribution in [-0.4, -0.2) is 60.8 Å². The van der Waals surface area contributed by atoms with Crippen molar-refractivity contribution in [3.8, 4) is 11.5 Å². The van der Waals surface area contributed by atoms with Crippen LogP contribution in [0.3, 0.4) is 0 Å². The van der Waals surface area contributed by atoms with Gasteiger partial charge in [-0.05, 0) is 36.8 Å². The number of thiophene rings is 1. The van der Waals surface area contributed by atoms with E-state index in [0.717, 1.165) is 18.2 Å². The van der Waals surface area contributed by atoms with Gasteiger partial charge in [0.05, 0.1) is 28.7 Å². The minimum atomic E-state index is -3.62. The van der Waals surface area contributed by atoms with E-state index in [1.165, 1.54) is 26.6 Å². The van der Waals surface area contributed by atoms with Gasteiger partial charge in [0.25, 0.3) is 5.22 Å². The van der Waals surface area contributed by atoms with Gasteiger partial charge in [-0.3, -0.25) is 4.79 Å². The Morgan fingerprint density at radius 1 is 1.19 bits per heavy atom. The zero-order chi connectivity index (χ0) is 21.8. The molecule has 0 atom stereocenters. The molecule has 0 aliphatic carbocycles. The van der Waals surface area contributed by atoms with Crippen LogP contribution in [0.1, 0.15) is 21.5 Å². The van der Waals surface area contributed by atoms with Gasteiger partial charge in [0.2, 0.25) is 15.9 Å². The lowest BCUT2D eigenvalue weighted by atomic mass is 10.2. The average molecular weight is 480 g/mol. The Morgan fingerprint density at radius 3 is 2.74 bits per heavy atom. The second kappa shape index (κ2) is 9.61. The molecule has 0 bridgehead atoms. The fraction of sp³-hybridized carbons (Fsp3) is 0.350. The number of morpholine rings is 1. The molecular weight excluding hydrogens is 458 g/mol. The fourth-order valence-corrected chi connectivity index (χ4v) is 6.10. The van der Waals surface area contributed by atoms with Crippen LogP contribution in [0, 0.1) is 0 Å². The molecule has 1 saturated heterocycles. The zero-order valence-electron chi connectivity index (χ0n) is 16.8. The maximum Gasteiger partial charge on any atom is 0.277 e. The van der Waals surface area contributed by atoms with Crippen LogP contribution in [0.5, 0.6) is 0 Å². The molecule has 31 heavy (non-hydrogen) atoms. The summed E-state index contributed by atoms with van der Waals surface area (Å²) >= 11 is 2.66. The number of ether oxygens (including phenoxy) is 1. The molecule has 3 aromatic rings. The van der Waals surface area contributed by atoms with Crippen LogP contribution in [0.4, 0.5) is 0 Å². The lowest BCUT2D eigenvalue weighted by molar-refractivity contribution is 0.0730. The summed E-state index contributed by atoms with van der Waals surface area (Å²) in [4.78, 5) is 14.4. The minimum Gasteiger partial charge on any atom is -0.411 e. The molecule has 11 heteroatoms. The quantitative estimate of drug-likeness (QED) is 0.358. The minimum absolute atomic E-state index is 0.00746. The highest BCUT2D eigenvalue weighted by Crippen LogP contribution is 2.27. The van der Waals surface area contributed by atoms with Crippen molar-refractivity contribution in [2.75, 3.05) is 32.1 Å². The van der Waals surface area contributed by atoms with Crippen LogP contribution in [0.25, 0.3) is 11.5 Å². The van der Waals surface area contributed by atoms with E-state index >= 15 is 0 Å². The number of thioether (sulfide) groups is 1. The molecule has 2 aromatic heterocycles. The largest absolute Gasteiger partial charge is 0.411 e. The van der Waals surface area contributed by atoms with Gasteiger partial charge in [0.1, 0.15) is 0 Å². The highest BCUT2D eigenvalue weighted by Gasteiger charge is 2.27. The number of carbonyl (C=O) groups excluding carboxylic acids is 1. The number of aromatic nitrogens is 2. The van der Waals surface area contributed by atoms with Gasteiger partial charge in [0, 0.05) is 23.5 Å². The summed E-state index contributed by atoms with van der Waals surface area (Å²) in [6.07, 6.45) is 0.901. The molecular formula is C20H21N3O5S3. The van der Waals surface area contributed by atoms with E-state index in [2.05, 4.69) is 17.1 Å². The molecule has 4 rings (SSSR count). The summed E-state index contributed by atoms with van der Waals surface area (Å²) in [5.74, 6) is 0.406. The maximum absolute atomic E-state index is 12.9. The van der Waals surface area contributed by atoms with E-state index < -0.39 is 10.0 Å². The number of ketones is 1. The predicted octanol–water partition coefficient (Wildman–Crippen LogP) is 3.36. The van der Waals surface area contributed by atoms with Crippen molar-refractivity contribution in [3.05, 3.63) is 46.2 Å². The smallest absolute Gasteiger partial charge is 0.277 e. The van der Waals surface area contributed by atoms with Crippen LogP contribution in [0.2, 0.25) is 0 Å². The molecule has 0 unspecified atom stereocenters. The number of hydrogen-bond acceptors (Lipinski definition) is 9. The standard InChI is InChI=1S/C20H21N3O5S3/c1-2-15-6-7-18(30-15)17(24)13-29-20-22-21-19(28-20)14-4-3-5-16(12-14)31(25,26)23-8-10-27-11-9-23/h3-7,12H,2,8-11,13H2,1H3. The first-order valence-corrected chi connectivity index (χ1v) is 13.0. The molecule has 1 fully saturated rings. The van der Waals surface area contributed by atoms with E-state index in [-0.39, 0.29) is 27.5 Å². The number of hydrogen-bond donors (Lipinski definition) is 0. The third kappa shape index (κ3) is 5.07. The molecule has 8 nitrogen and oxygen atoms in total. The van der Waals surface area contributed by atoms with Crippen molar-refractivity contribution in [3.63, 3.8) is 0 Å². The number of Topliss-reactive ketones (excluding diaryl/α,β-unsaturated/α-hetero) is 1. The Bertz CT molecular complexity index is 1170. The van der Waals surface area contributed by atoms with Crippen molar-refractivity contribution in [1.29, 1.82) is 0 Å². The summed E-state index contributed by atoms with van der Waals surface area (Å²) in [5, 5.41) is 8.26. The number of aryl methyl sites for hydroxylation is 1. The van der Waals surface area contributed by atoms with Crippen molar-refractivity contribution in [2.45, 2.75) is 23.5 Å². The summed E-state index contributed by atoms with van der Waals surface area (Å²) in [6, 6.07) is 10.2. The van der Waals surface area contributed by atoms with Gasteiger partial charge in [-0.15, -0.1) is 21.5 Å². The van der Waals surface area contributed by atoms with Gasteiger partial charge in [-0.2, -0.15) is 4.31 Å². The van der Waals surface area contributed by atoms with E-state index in [1.54, 1.807) is 18.2 Å². The van der Waals surface area contributed by atoms with Gasteiger partial charge < -0.3 is 9.15 Å². The van der Waals surface area contributed by atoms with Crippen molar-refractivity contribution >= 4 is 38.9 Å². The van der Waals surface area contributed by atoms with Gasteiger partial charge in [0.15, 0.2) is 5.78 Å². The lowest BCUT2D eigenvalue weighted by Crippen LogP contribution is -2.40. The van der Waals surface area contributed by atoms with Gasteiger partial charge >= 0.3 is 0 Å². The molecule has 1 aromatic carbocycles. The van der Waals surface area contributed by atoms with Crippen LogP contribution >= 0.6 is 23.1 Å². The van der Waals surface area contributed by atoms with Crippen LogP contribution in [0.15, 0.2) is 50.9 Å². The number of nitrogens with zero attached hydrogens (tertiary/aromatic N) is 3. The summed E-state index contributed by atoms with van der Waals surface area (Å²) < 4.78 is 38.1. The SMILES string of the molecule is CCc1ccc(C(=O)CSc2nnc(-c3cccc(S(=O)(=O)N4CCOCC4)c3)o2)s1. The Morgan fingerprint density at radius 2 is 2.00 bits per heavy atom.